The Balaban J connectivity index is 0.00000264. The minimum atomic E-state index is -3.69. The number of carbonyl (C=O) groups is 1. The number of sulfonamides is 1. The number of aryl methyl sites for hydroxylation is 1. The summed E-state index contributed by atoms with van der Waals surface area (Å²) in [5.41, 5.74) is 5.96. The third kappa shape index (κ3) is 4.06. The number of nitrogens with one attached hydrogen (secondary N) is 1. The van der Waals surface area contributed by atoms with Crippen molar-refractivity contribution in [2.45, 2.75) is 37.3 Å². The van der Waals surface area contributed by atoms with E-state index in [-0.39, 0.29) is 40.9 Å². The predicted molar refractivity (Wildman–Crippen MR) is 89.2 cm³/mol. The summed E-state index contributed by atoms with van der Waals surface area (Å²) >= 11 is 0. The number of halogens is 1. The molecule has 1 aromatic rings. The summed E-state index contributed by atoms with van der Waals surface area (Å²) in [5, 5.41) is 2.72. The number of furan rings is 1. The summed E-state index contributed by atoms with van der Waals surface area (Å²) in [4.78, 5) is 12.4. The van der Waals surface area contributed by atoms with Gasteiger partial charge in [-0.3, -0.25) is 4.79 Å². The van der Waals surface area contributed by atoms with Crippen LogP contribution in [0.3, 0.4) is 0 Å². The second kappa shape index (κ2) is 7.65. The zero-order chi connectivity index (χ0) is 16.5. The van der Waals surface area contributed by atoms with Crippen LogP contribution in [0.25, 0.3) is 0 Å². The van der Waals surface area contributed by atoms with Gasteiger partial charge in [-0.1, -0.05) is 6.42 Å². The summed E-state index contributed by atoms with van der Waals surface area (Å²) < 4.78 is 30.4. The second-order valence-electron chi connectivity index (χ2n) is 5.83. The lowest BCUT2D eigenvalue weighted by molar-refractivity contribution is 0.0927. The summed E-state index contributed by atoms with van der Waals surface area (Å²) in [6, 6.07) is 1.33. The van der Waals surface area contributed by atoms with Crippen LogP contribution in [0.1, 0.15) is 35.4 Å². The Kier molecular flexibility index (Phi) is 6.64. The molecule has 2 atom stereocenters. The minimum Gasteiger partial charge on any atom is -0.448 e. The zero-order valence-corrected chi connectivity index (χ0v) is 15.2. The summed E-state index contributed by atoms with van der Waals surface area (Å²) in [6.07, 6.45) is 2.94. The maximum atomic E-state index is 12.4. The molecule has 0 radical (unpaired) electrons. The number of rotatable bonds is 5. The third-order valence-electron chi connectivity index (χ3n) is 4.15. The van der Waals surface area contributed by atoms with Crippen LogP contribution >= 0.6 is 12.4 Å². The van der Waals surface area contributed by atoms with Crippen molar-refractivity contribution in [1.82, 2.24) is 9.62 Å². The van der Waals surface area contributed by atoms with E-state index >= 15 is 0 Å². The lowest BCUT2D eigenvalue weighted by Crippen LogP contribution is -2.39. The van der Waals surface area contributed by atoms with Crippen molar-refractivity contribution in [3.63, 3.8) is 0 Å². The van der Waals surface area contributed by atoms with Gasteiger partial charge in [-0.25, -0.2) is 12.7 Å². The Bertz CT molecular complexity index is 657. The molecule has 23 heavy (non-hydrogen) atoms. The summed E-state index contributed by atoms with van der Waals surface area (Å²) in [5.74, 6) is 0.258. The Labute approximate surface area is 143 Å². The van der Waals surface area contributed by atoms with Gasteiger partial charge in [-0.15, -0.1) is 12.4 Å². The first kappa shape index (κ1) is 20.0. The number of carbonyl (C=O) groups excluding carboxylic acids is 1. The van der Waals surface area contributed by atoms with Gasteiger partial charge in [-0.05, 0) is 32.2 Å². The number of hydrogen-bond donors (Lipinski definition) is 2. The van der Waals surface area contributed by atoms with Crippen molar-refractivity contribution in [3.05, 3.63) is 17.4 Å². The fourth-order valence-corrected chi connectivity index (χ4v) is 3.60. The van der Waals surface area contributed by atoms with Gasteiger partial charge in [0.05, 0.1) is 5.56 Å². The molecule has 1 heterocycles. The fraction of sp³-hybridized carbons (Fsp3) is 0.643. The van der Waals surface area contributed by atoms with Crippen molar-refractivity contribution in [1.29, 1.82) is 0 Å². The molecule has 0 aliphatic heterocycles. The SMILES string of the molecule is Cc1oc(S(=O)(=O)N(C)C)cc1C(=O)NC1CCCC1CN.Cl. The van der Waals surface area contributed by atoms with Gasteiger partial charge in [0.25, 0.3) is 15.9 Å². The van der Waals surface area contributed by atoms with E-state index in [0.717, 1.165) is 23.6 Å². The van der Waals surface area contributed by atoms with Crippen LogP contribution in [0.15, 0.2) is 15.6 Å². The second-order valence-corrected chi connectivity index (χ2v) is 7.91. The first-order chi connectivity index (χ1) is 10.3. The molecule has 0 bridgehead atoms. The van der Waals surface area contributed by atoms with Crippen LogP contribution in [-0.4, -0.2) is 45.3 Å². The number of nitrogens with two attached hydrogens (primary N) is 1. The molecule has 0 spiro atoms. The Morgan fingerprint density at radius 1 is 1.43 bits per heavy atom. The molecule has 1 saturated carbocycles. The molecule has 1 aliphatic carbocycles. The normalized spacial score (nSPS) is 21.3. The molecule has 2 rings (SSSR count). The maximum absolute atomic E-state index is 12.4. The molecule has 1 fully saturated rings. The first-order valence-corrected chi connectivity index (χ1v) is 8.75. The quantitative estimate of drug-likeness (QED) is 0.813. The van der Waals surface area contributed by atoms with Crippen molar-refractivity contribution >= 4 is 28.3 Å². The number of hydrogen-bond acceptors (Lipinski definition) is 5. The van der Waals surface area contributed by atoms with Crippen molar-refractivity contribution in [3.8, 4) is 0 Å². The van der Waals surface area contributed by atoms with Crippen LogP contribution in [0.4, 0.5) is 0 Å². The molecular formula is C14H24ClN3O4S. The first-order valence-electron chi connectivity index (χ1n) is 7.31. The van der Waals surface area contributed by atoms with Gasteiger partial charge in [0, 0.05) is 26.2 Å². The Morgan fingerprint density at radius 2 is 2.09 bits per heavy atom. The van der Waals surface area contributed by atoms with E-state index in [1.54, 1.807) is 6.92 Å². The van der Waals surface area contributed by atoms with E-state index in [9.17, 15) is 13.2 Å². The average Bonchev–Trinajstić information content (AvgIpc) is 3.04. The van der Waals surface area contributed by atoms with Gasteiger partial charge in [0.2, 0.25) is 5.09 Å². The van der Waals surface area contributed by atoms with Crippen molar-refractivity contribution in [2.24, 2.45) is 11.7 Å². The van der Waals surface area contributed by atoms with Gasteiger partial charge < -0.3 is 15.5 Å². The van der Waals surface area contributed by atoms with Crippen LogP contribution in [-0.2, 0) is 10.0 Å². The lowest BCUT2D eigenvalue weighted by atomic mass is 10.0. The van der Waals surface area contributed by atoms with E-state index in [2.05, 4.69) is 5.32 Å². The standard InChI is InChI=1S/C14H23N3O4S.ClH/c1-9-11(7-13(21-9)22(19,20)17(2)3)14(18)16-12-6-4-5-10(12)8-15;/h7,10,12H,4-6,8,15H2,1-3H3,(H,16,18);1H. The van der Waals surface area contributed by atoms with Gasteiger partial charge in [-0.2, -0.15) is 0 Å². The highest BCUT2D eigenvalue weighted by Gasteiger charge is 2.30. The molecular weight excluding hydrogens is 342 g/mol. The van der Waals surface area contributed by atoms with E-state index in [0.29, 0.717) is 12.3 Å². The van der Waals surface area contributed by atoms with Gasteiger partial charge >= 0.3 is 0 Å². The van der Waals surface area contributed by atoms with Crippen LogP contribution in [0, 0.1) is 12.8 Å². The largest absolute Gasteiger partial charge is 0.448 e. The van der Waals surface area contributed by atoms with Crippen LogP contribution in [0.5, 0.6) is 0 Å². The highest BCUT2D eigenvalue weighted by atomic mass is 35.5. The molecule has 1 aromatic heterocycles. The molecule has 9 heteroatoms. The molecule has 0 saturated heterocycles. The topological polar surface area (TPSA) is 106 Å². The van der Waals surface area contributed by atoms with E-state index < -0.39 is 10.0 Å². The molecule has 132 valence electrons. The molecule has 0 aromatic carbocycles. The Hall–Kier alpha value is -1.09. The number of nitrogens with zero attached hydrogens (tertiary/aromatic N) is 1. The zero-order valence-electron chi connectivity index (χ0n) is 13.5. The van der Waals surface area contributed by atoms with E-state index in [1.165, 1.54) is 20.2 Å². The van der Waals surface area contributed by atoms with Gasteiger partial charge in [0.1, 0.15) is 5.76 Å². The summed E-state index contributed by atoms with van der Waals surface area (Å²) in [6.45, 7) is 2.12. The number of amides is 1. The molecule has 1 amide bonds. The molecule has 7 nitrogen and oxygen atoms in total. The highest BCUT2D eigenvalue weighted by molar-refractivity contribution is 7.88. The monoisotopic (exact) mass is 365 g/mol. The maximum Gasteiger partial charge on any atom is 0.275 e. The van der Waals surface area contributed by atoms with Crippen LogP contribution in [0.2, 0.25) is 0 Å². The predicted octanol–water partition coefficient (Wildman–Crippen LogP) is 1.12. The van der Waals surface area contributed by atoms with Crippen LogP contribution < -0.4 is 11.1 Å². The molecule has 2 unspecified atom stereocenters. The van der Waals surface area contributed by atoms with E-state index in [1.807, 2.05) is 0 Å². The molecule has 1 aliphatic rings. The van der Waals surface area contributed by atoms with Crippen molar-refractivity contribution < 1.29 is 17.6 Å². The minimum absolute atomic E-state index is 0. The molecule has 3 N–H and O–H groups in total. The smallest absolute Gasteiger partial charge is 0.275 e. The van der Waals surface area contributed by atoms with E-state index in [4.69, 9.17) is 10.2 Å². The van der Waals surface area contributed by atoms with Crippen molar-refractivity contribution in [2.75, 3.05) is 20.6 Å². The van der Waals surface area contributed by atoms with Gasteiger partial charge in [0.15, 0.2) is 0 Å². The highest BCUT2D eigenvalue weighted by Crippen LogP contribution is 2.26. The average molecular weight is 366 g/mol. The fourth-order valence-electron chi connectivity index (χ4n) is 2.74. The Morgan fingerprint density at radius 3 is 2.65 bits per heavy atom. The summed E-state index contributed by atoms with van der Waals surface area (Å²) in [7, 11) is -0.860. The lowest BCUT2D eigenvalue weighted by Gasteiger charge is -2.19. The third-order valence-corrected chi connectivity index (χ3v) is 5.82.